The number of nitrogens with zero attached hydrogens (tertiary/aromatic N) is 2. The summed E-state index contributed by atoms with van der Waals surface area (Å²) >= 11 is 0. The molecule has 2 aromatic heterocycles. The number of rotatable bonds is 7. The second-order valence-electron chi connectivity index (χ2n) is 8.01. The first-order valence-electron chi connectivity index (χ1n) is 11.4. The molecule has 1 saturated heterocycles. The quantitative estimate of drug-likeness (QED) is 0.310. The summed E-state index contributed by atoms with van der Waals surface area (Å²) in [7, 11) is 0. The van der Waals surface area contributed by atoms with Crippen LogP contribution in [0, 0.1) is 5.92 Å². The number of carbonyl (C=O) groups excluding carboxylic acids is 3. The number of esters is 1. The highest BCUT2D eigenvalue weighted by Gasteiger charge is 2.33. The van der Waals surface area contributed by atoms with Gasteiger partial charge in [-0.2, -0.15) is 0 Å². The Morgan fingerprint density at radius 1 is 0.970 bits per heavy atom. The lowest BCUT2D eigenvalue weighted by molar-refractivity contribution is -0.150. The van der Waals surface area contributed by atoms with E-state index in [0.29, 0.717) is 50.4 Å². The minimum absolute atomic E-state index is 0.224. The van der Waals surface area contributed by atoms with E-state index in [-0.39, 0.29) is 11.9 Å². The van der Waals surface area contributed by atoms with Gasteiger partial charge in [-0.3, -0.25) is 14.4 Å². The van der Waals surface area contributed by atoms with Gasteiger partial charge in [-0.25, -0.2) is 0 Å². The second kappa shape index (κ2) is 9.90. The minimum Gasteiger partial charge on any atom is -0.494 e. The number of carbonyl (C=O) groups is 3. The summed E-state index contributed by atoms with van der Waals surface area (Å²) in [5.74, 6) is -0.810. The Morgan fingerprint density at radius 2 is 1.70 bits per heavy atom. The van der Waals surface area contributed by atoms with E-state index in [9.17, 15) is 14.4 Å². The fourth-order valence-corrected chi connectivity index (χ4v) is 4.30. The molecule has 33 heavy (non-hydrogen) atoms. The fraction of sp³-hybridized carbons (Fsp3) is 0.346. The number of pyridine rings is 1. The summed E-state index contributed by atoms with van der Waals surface area (Å²) in [5.41, 5.74) is 2.70. The van der Waals surface area contributed by atoms with Crippen molar-refractivity contribution in [1.82, 2.24) is 9.30 Å². The van der Waals surface area contributed by atoms with Gasteiger partial charge in [0.05, 0.1) is 19.1 Å². The number of aromatic nitrogens is 1. The second-order valence-corrected chi connectivity index (χ2v) is 8.01. The Bertz CT molecular complexity index is 1160. The highest BCUT2D eigenvalue weighted by molar-refractivity contribution is 6.43. The van der Waals surface area contributed by atoms with E-state index in [0.717, 1.165) is 16.8 Å². The van der Waals surface area contributed by atoms with Crippen molar-refractivity contribution >= 4 is 23.2 Å². The summed E-state index contributed by atoms with van der Waals surface area (Å²) in [6.45, 7) is 5.32. The number of benzene rings is 1. The topological polar surface area (TPSA) is 77.3 Å². The van der Waals surface area contributed by atoms with Crippen LogP contribution in [-0.2, 0) is 14.3 Å². The van der Waals surface area contributed by atoms with Gasteiger partial charge in [0.2, 0.25) is 0 Å². The maximum atomic E-state index is 13.5. The molecule has 0 bridgehead atoms. The van der Waals surface area contributed by atoms with E-state index < -0.39 is 11.7 Å². The van der Waals surface area contributed by atoms with Crippen LogP contribution < -0.4 is 4.74 Å². The summed E-state index contributed by atoms with van der Waals surface area (Å²) in [4.78, 5) is 40.2. The van der Waals surface area contributed by atoms with Crippen LogP contribution in [0.5, 0.6) is 5.75 Å². The zero-order valence-electron chi connectivity index (χ0n) is 19.0. The number of piperidine rings is 1. The molecule has 1 aromatic carbocycles. The highest BCUT2D eigenvalue weighted by atomic mass is 16.5. The van der Waals surface area contributed by atoms with Crippen molar-refractivity contribution in [3.05, 3.63) is 60.4 Å². The van der Waals surface area contributed by atoms with Crippen LogP contribution in [0.25, 0.3) is 16.6 Å². The number of Topliss-reactive ketones (excluding diaryl/α,β-unsaturated/α-hetero) is 1. The third-order valence-electron chi connectivity index (χ3n) is 5.97. The summed E-state index contributed by atoms with van der Waals surface area (Å²) in [6, 6.07) is 15.1. The molecule has 0 atom stereocenters. The van der Waals surface area contributed by atoms with Crippen LogP contribution in [0.2, 0.25) is 0 Å². The number of hydrogen-bond acceptors (Lipinski definition) is 5. The highest BCUT2D eigenvalue weighted by Crippen LogP contribution is 2.30. The number of hydrogen-bond donors (Lipinski definition) is 0. The predicted octanol–water partition coefficient (Wildman–Crippen LogP) is 3.99. The maximum Gasteiger partial charge on any atom is 0.309 e. The molecule has 1 fully saturated rings. The van der Waals surface area contributed by atoms with Gasteiger partial charge in [-0.05, 0) is 62.6 Å². The van der Waals surface area contributed by atoms with Gasteiger partial charge in [-0.15, -0.1) is 0 Å². The van der Waals surface area contributed by atoms with Crippen molar-refractivity contribution in [2.45, 2.75) is 26.7 Å². The lowest BCUT2D eigenvalue weighted by atomic mass is 9.96. The number of ketones is 1. The van der Waals surface area contributed by atoms with Crippen LogP contribution in [-0.4, -0.2) is 53.3 Å². The van der Waals surface area contributed by atoms with E-state index in [4.69, 9.17) is 9.47 Å². The summed E-state index contributed by atoms with van der Waals surface area (Å²) in [6.07, 6.45) is 2.79. The number of fused-ring (bicyclic) bond motifs is 1. The molecule has 172 valence electrons. The largest absolute Gasteiger partial charge is 0.494 e. The zero-order chi connectivity index (χ0) is 23.4. The summed E-state index contributed by atoms with van der Waals surface area (Å²) < 4.78 is 12.4. The lowest BCUT2D eigenvalue weighted by Gasteiger charge is -2.30. The van der Waals surface area contributed by atoms with Crippen molar-refractivity contribution in [3.63, 3.8) is 0 Å². The van der Waals surface area contributed by atoms with Crippen LogP contribution in [0.1, 0.15) is 37.2 Å². The Hall–Kier alpha value is -3.61. The molecule has 0 aliphatic carbocycles. The zero-order valence-corrected chi connectivity index (χ0v) is 19.0. The molecule has 3 heterocycles. The van der Waals surface area contributed by atoms with Gasteiger partial charge in [0.1, 0.15) is 11.4 Å². The SMILES string of the molecule is CCOC(=O)C1CCN(C(=O)C(=O)c2c(-c3ccc(OCC)cc3)cc3ccccn23)CC1. The molecule has 7 nitrogen and oxygen atoms in total. The molecule has 1 aliphatic rings. The van der Waals surface area contributed by atoms with Gasteiger partial charge in [0.15, 0.2) is 0 Å². The maximum absolute atomic E-state index is 13.5. The average Bonchev–Trinajstić information content (AvgIpc) is 3.23. The van der Waals surface area contributed by atoms with Crippen molar-refractivity contribution in [2.24, 2.45) is 5.92 Å². The van der Waals surface area contributed by atoms with Crippen molar-refractivity contribution in [3.8, 4) is 16.9 Å². The standard InChI is InChI=1S/C26H28N2O5/c1-3-32-21-10-8-18(9-11-21)22-17-20-7-5-6-14-28(20)23(22)24(29)25(30)27-15-12-19(13-16-27)26(31)33-4-2/h5-11,14,17,19H,3-4,12-13,15-16H2,1-2H3. The molecular formula is C26H28N2O5. The third kappa shape index (κ3) is 4.62. The lowest BCUT2D eigenvalue weighted by Crippen LogP contribution is -2.44. The Balaban J connectivity index is 1.61. The van der Waals surface area contributed by atoms with Crippen molar-refractivity contribution in [2.75, 3.05) is 26.3 Å². The van der Waals surface area contributed by atoms with Gasteiger partial charge >= 0.3 is 5.97 Å². The molecule has 3 aromatic rings. The normalized spacial score (nSPS) is 14.3. The van der Waals surface area contributed by atoms with Gasteiger partial charge in [0.25, 0.3) is 11.7 Å². The molecule has 0 radical (unpaired) electrons. The van der Waals surface area contributed by atoms with E-state index in [1.807, 2.05) is 55.5 Å². The molecule has 0 saturated carbocycles. The first kappa shape index (κ1) is 22.6. The monoisotopic (exact) mass is 448 g/mol. The van der Waals surface area contributed by atoms with Crippen molar-refractivity contribution in [1.29, 1.82) is 0 Å². The molecule has 0 spiro atoms. The Labute approximate surface area is 192 Å². The van der Waals surface area contributed by atoms with Crippen molar-refractivity contribution < 1.29 is 23.9 Å². The molecule has 1 aliphatic heterocycles. The fourth-order valence-electron chi connectivity index (χ4n) is 4.30. The number of likely N-dealkylation sites (tertiary alicyclic amines) is 1. The van der Waals surface area contributed by atoms with Gasteiger partial charge in [-0.1, -0.05) is 18.2 Å². The first-order chi connectivity index (χ1) is 16.0. The summed E-state index contributed by atoms with van der Waals surface area (Å²) in [5, 5.41) is 0. The Morgan fingerprint density at radius 3 is 2.36 bits per heavy atom. The molecule has 7 heteroatoms. The van der Waals surface area contributed by atoms with E-state index in [2.05, 4.69) is 0 Å². The molecule has 0 unspecified atom stereocenters. The number of amides is 1. The van der Waals surface area contributed by atoms with Gasteiger partial charge < -0.3 is 18.8 Å². The predicted molar refractivity (Wildman–Crippen MR) is 124 cm³/mol. The van der Waals surface area contributed by atoms with E-state index in [1.165, 1.54) is 0 Å². The smallest absolute Gasteiger partial charge is 0.309 e. The molecular weight excluding hydrogens is 420 g/mol. The Kier molecular flexibility index (Phi) is 6.77. The van der Waals surface area contributed by atoms with Crippen LogP contribution in [0.15, 0.2) is 54.7 Å². The molecule has 4 rings (SSSR count). The first-order valence-corrected chi connectivity index (χ1v) is 11.4. The minimum atomic E-state index is -0.556. The van der Waals surface area contributed by atoms with E-state index in [1.54, 1.807) is 22.4 Å². The third-order valence-corrected chi connectivity index (χ3v) is 5.97. The average molecular weight is 449 g/mol. The van der Waals surface area contributed by atoms with Crippen LogP contribution >= 0.6 is 0 Å². The molecule has 1 amide bonds. The van der Waals surface area contributed by atoms with Gasteiger partial charge in [0, 0.05) is 30.4 Å². The van der Waals surface area contributed by atoms with E-state index >= 15 is 0 Å². The van der Waals surface area contributed by atoms with Crippen LogP contribution in [0.3, 0.4) is 0 Å². The number of ether oxygens (including phenoxy) is 2. The molecule has 0 N–H and O–H groups in total. The van der Waals surface area contributed by atoms with Crippen LogP contribution in [0.4, 0.5) is 0 Å².